The number of benzene rings is 1. The highest BCUT2D eigenvalue weighted by Crippen LogP contribution is 2.31. The molecule has 27 heavy (non-hydrogen) atoms. The Bertz CT molecular complexity index is 894. The maximum atomic E-state index is 12.2. The summed E-state index contributed by atoms with van der Waals surface area (Å²) in [5.41, 5.74) is 0.590. The quantitative estimate of drug-likeness (QED) is 0.621. The van der Waals surface area contributed by atoms with Gasteiger partial charge in [-0.05, 0) is 42.8 Å². The van der Waals surface area contributed by atoms with Crippen molar-refractivity contribution >= 4 is 28.2 Å². The number of carbonyl (C=O) groups is 1. The van der Waals surface area contributed by atoms with Gasteiger partial charge in [0.25, 0.3) is 0 Å². The van der Waals surface area contributed by atoms with Gasteiger partial charge in [-0.3, -0.25) is 10.3 Å². The van der Waals surface area contributed by atoms with Crippen LogP contribution in [0.3, 0.4) is 0 Å². The van der Waals surface area contributed by atoms with Gasteiger partial charge in [0.15, 0.2) is 0 Å². The van der Waals surface area contributed by atoms with Crippen molar-refractivity contribution in [1.29, 1.82) is 0 Å². The number of anilines is 2. The predicted octanol–water partition coefficient (Wildman–Crippen LogP) is 5.06. The molecule has 2 aromatic heterocycles. The third kappa shape index (κ3) is 5.01. The molecule has 0 saturated heterocycles. The van der Waals surface area contributed by atoms with Gasteiger partial charge >= 0.3 is 6.03 Å². The fourth-order valence-corrected chi connectivity index (χ4v) is 3.02. The summed E-state index contributed by atoms with van der Waals surface area (Å²) in [5, 5.41) is 15.1. The van der Waals surface area contributed by atoms with E-state index in [4.69, 9.17) is 4.74 Å². The van der Waals surface area contributed by atoms with Gasteiger partial charge in [-0.1, -0.05) is 32.1 Å². The molecule has 0 bridgehead atoms. The smallest absolute Gasteiger partial charge is 0.325 e. The number of pyridine rings is 1. The first-order valence-electron chi connectivity index (χ1n) is 8.56. The lowest BCUT2D eigenvalue weighted by Gasteiger charge is -2.17. The number of amides is 2. The first kappa shape index (κ1) is 18.8. The van der Waals surface area contributed by atoms with Crippen LogP contribution in [0.2, 0.25) is 0 Å². The van der Waals surface area contributed by atoms with Crippen molar-refractivity contribution in [1.82, 2.24) is 15.2 Å². The number of aromatic nitrogens is 3. The monoisotopic (exact) mass is 383 g/mol. The number of nitrogens with one attached hydrogen (secondary N) is 2. The first-order valence-corrected chi connectivity index (χ1v) is 9.38. The normalized spacial score (nSPS) is 11.1. The first-order chi connectivity index (χ1) is 13.0. The Morgan fingerprint density at radius 1 is 1.04 bits per heavy atom. The minimum absolute atomic E-state index is 0.0568. The van der Waals surface area contributed by atoms with Crippen molar-refractivity contribution in [3.8, 4) is 11.5 Å². The molecule has 3 aromatic rings. The number of nitrogens with zero attached hydrogens (tertiary/aromatic N) is 3. The zero-order chi connectivity index (χ0) is 19.3. The molecule has 7 nitrogen and oxygen atoms in total. The maximum absolute atomic E-state index is 12.2. The van der Waals surface area contributed by atoms with E-state index in [1.54, 1.807) is 48.8 Å². The summed E-state index contributed by atoms with van der Waals surface area (Å²) in [6, 6.07) is 10.3. The average Bonchev–Trinajstić information content (AvgIpc) is 3.13. The number of carbonyl (C=O) groups excluding carboxylic acids is 1. The molecule has 2 heterocycles. The fourth-order valence-electron chi connectivity index (χ4n) is 2.11. The van der Waals surface area contributed by atoms with Gasteiger partial charge in [0.05, 0.1) is 0 Å². The Morgan fingerprint density at radius 3 is 2.37 bits per heavy atom. The molecule has 8 heteroatoms. The number of hydrogen-bond acceptors (Lipinski definition) is 6. The van der Waals surface area contributed by atoms with E-state index in [1.807, 2.05) is 0 Å². The van der Waals surface area contributed by atoms with Crippen LogP contribution in [0.15, 0.2) is 48.8 Å². The van der Waals surface area contributed by atoms with Gasteiger partial charge in [-0.25, -0.2) is 4.79 Å². The van der Waals surface area contributed by atoms with Gasteiger partial charge < -0.3 is 10.1 Å². The SMILES string of the molecule is CCC(C)(C)c1nnc(NC(=O)Nc2ccc(Oc3ccncc3)cc2)s1. The van der Waals surface area contributed by atoms with Crippen molar-refractivity contribution in [3.63, 3.8) is 0 Å². The highest BCUT2D eigenvalue weighted by atomic mass is 32.1. The molecule has 140 valence electrons. The molecular weight excluding hydrogens is 362 g/mol. The van der Waals surface area contributed by atoms with E-state index >= 15 is 0 Å². The Labute approximate surface area is 161 Å². The van der Waals surface area contributed by atoms with Gasteiger partial charge in [-0.15, -0.1) is 10.2 Å². The summed E-state index contributed by atoms with van der Waals surface area (Å²) in [6.07, 6.45) is 4.27. The van der Waals surface area contributed by atoms with Crippen LogP contribution in [0, 0.1) is 0 Å². The molecule has 3 rings (SSSR count). The molecular formula is C19H21N5O2S. The van der Waals surface area contributed by atoms with Crippen LogP contribution in [0.5, 0.6) is 11.5 Å². The molecule has 0 atom stereocenters. The van der Waals surface area contributed by atoms with E-state index in [1.165, 1.54) is 11.3 Å². The molecule has 0 unspecified atom stereocenters. The standard InChI is InChI=1S/C19H21N5O2S/c1-4-19(2,3)16-23-24-18(27-16)22-17(25)21-13-5-7-14(8-6-13)26-15-9-11-20-12-10-15/h5-12H,4H2,1-3H3,(H2,21,22,24,25). The zero-order valence-electron chi connectivity index (χ0n) is 15.4. The van der Waals surface area contributed by atoms with Crippen LogP contribution >= 0.6 is 11.3 Å². The van der Waals surface area contributed by atoms with Gasteiger partial charge in [0, 0.05) is 23.5 Å². The molecule has 0 saturated carbocycles. The second kappa shape index (κ2) is 8.13. The second-order valence-corrected chi connectivity index (χ2v) is 7.52. The fraction of sp³-hybridized carbons (Fsp3) is 0.263. The van der Waals surface area contributed by atoms with Gasteiger partial charge in [0.1, 0.15) is 16.5 Å². The highest BCUT2D eigenvalue weighted by Gasteiger charge is 2.23. The van der Waals surface area contributed by atoms with Crippen LogP contribution in [-0.2, 0) is 5.41 Å². The number of hydrogen-bond donors (Lipinski definition) is 2. The lowest BCUT2D eigenvalue weighted by atomic mass is 9.91. The number of ether oxygens (including phenoxy) is 1. The molecule has 0 aliphatic carbocycles. The van der Waals surface area contributed by atoms with E-state index in [9.17, 15) is 4.79 Å². The van der Waals surface area contributed by atoms with Crippen molar-refractivity contribution < 1.29 is 9.53 Å². The highest BCUT2D eigenvalue weighted by molar-refractivity contribution is 7.15. The van der Waals surface area contributed by atoms with Gasteiger partial charge in [0.2, 0.25) is 5.13 Å². The largest absolute Gasteiger partial charge is 0.457 e. The topological polar surface area (TPSA) is 89.0 Å². The molecule has 2 amide bonds. The molecule has 2 N–H and O–H groups in total. The minimum Gasteiger partial charge on any atom is -0.457 e. The van der Waals surface area contributed by atoms with Crippen LogP contribution in [-0.4, -0.2) is 21.2 Å². The Kier molecular flexibility index (Phi) is 5.66. The zero-order valence-corrected chi connectivity index (χ0v) is 16.2. The Balaban J connectivity index is 1.56. The second-order valence-electron chi connectivity index (χ2n) is 6.54. The van der Waals surface area contributed by atoms with Crippen LogP contribution in [0.25, 0.3) is 0 Å². The maximum Gasteiger partial charge on any atom is 0.325 e. The molecule has 1 aromatic carbocycles. The minimum atomic E-state index is -0.366. The third-order valence-corrected chi connectivity index (χ3v) is 5.31. The molecule has 0 radical (unpaired) electrons. The van der Waals surface area contributed by atoms with Crippen molar-refractivity contribution in [2.24, 2.45) is 0 Å². The van der Waals surface area contributed by atoms with Crippen LogP contribution < -0.4 is 15.4 Å². The molecule has 0 aliphatic rings. The van der Waals surface area contributed by atoms with Gasteiger partial charge in [-0.2, -0.15) is 0 Å². The average molecular weight is 383 g/mol. The third-order valence-electron chi connectivity index (χ3n) is 4.11. The Hall–Kier alpha value is -3.00. The summed E-state index contributed by atoms with van der Waals surface area (Å²) < 4.78 is 5.69. The van der Waals surface area contributed by atoms with E-state index in [2.05, 4.69) is 46.6 Å². The van der Waals surface area contributed by atoms with Crippen molar-refractivity contribution in [2.75, 3.05) is 10.6 Å². The van der Waals surface area contributed by atoms with E-state index in [0.717, 1.165) is 11.4 Å². The lowest BCUT2D eigenvalue weighted by Crippen LogP contribution is -2.19. The van der Waals surface area contributed by atoms with E-state index in [0.29, 0.717) is 22.3 Å². The summed E-state index contributed by atoms with van der Waals surface area (Å²) >= 11 is 1.39. The molecule has 0 fully saturated rings. The number of urea groups is 1. The van der Waals surface area contributed by atoms with Crippen LogP contribution in [0.4, 0.5) is 15.6 Å². The molecule has 0 aliphatic heterocycles. The number of rotatable bonds is 6. The van der Waals surface area contributed by atoms with E-state index < -0.39 is 0 Å². The predicted molar refractivity (Wildman–Crippen MR) is 107 cm³/mol. The lowest BCUT2D eigenvalue weighted by molar-refractivity contribution is 0.262. The summed E-state index contributed by atoms with van der Waals surface area (Å²) in [7, 11) is 0. The van der Waals surface area contributed by atoms with Crippen LogP contribution in [0.1, 0.15) is 32.2 Å². The Morgan fingerprint density at radius 2 is 1.70 bits per heavy atom. The van der Waals surface area contributed by atoms with Crippen molar-refractivity contribution in [2.45, 2.75) is 32.6 Å². The van der Waals surface area contributed by atoms with E-state index in [-0.39, 0.29) is 11.4 Å². The van der Waals surface area contributed by atoms with Crippen molar-refractivity contribution in [3.05, 3.63) is 53.8 Å². The summed E-state index contributed by atoms with van der Waals surface area (Å²) in [4.78, 5) is 16.1. The molecule has 0 spiro atoms. The summed E-state index contributed by atoms with van der Waals surface area (Å²) in [6.45, 7) is 6.31. The summed E-state index contributed by atoms with van der Waals surface area (Å²) in [5.74, 6) is 1.37.